The number of nitrogens with two attached hydrogens (primary N) is 1. The van der Waals surface area contributed by atoms with Crippen LogP contribution in [0, 0.1) is 5.92 Å². The van der Waals surface area contributed by atoms with Gasteiger partial charge in [-0.3, -0.25) is 9.58 Å². The average molecular weight is 423 g/mol. The predicted molar refractivity (Wildman–Crippen MR) is 114 cm³/mol. The molecule has 1 spiro atoms. The summed E-state index contributed by atoms with van der Waals surface area (Å²) in [6.45, 7) is 3.06. The molecule has 9 heteroatoms. The Balaban J connectivity index is 1.55. The minimum absolute atomic E-state index is 0.105. The van der Waals surface area contributed by atoms with Gasteiger partial charge in [0.15, 0.2) is 0 Å². The van der Waals surface area contributed by atoms with Crippen LogP contribution >= 0.6 is 0 Å². The molecule has 1 saturated carbocycles. The van der Waals surface area contributed by atoms with Crippen molar-refractivity contribution in [1.82, 2.24) is 19.7 Å². The van der Waals surface area contributed by atoms with E-state index in [1.54, 1.807) is 29.0 Å². The lowest BCUT2D eigenvalue weighted by atomic mass is 9.71. The number of ether oxygens (including phenoxy) is 1. The van der Waals surface area contributed by atoms with E-state index in [0.717, 1.165) is 29.4 Å². The zero-order valence-electron chi connectivity index (χ0n) is 17.5. The Morgan fingerprint density at radius 3 is 2.87 bits per heavy atom. The van der Waals surface area contributed by atoms with Crippen molar-refractivity contribution in [2.45, 2.75) is 31.4 Å². The van der Waals surface area contributed by atoms with Crippen molar-refractivity contribution in [3.8, 4) is 11.1 Å². The number of aromatic amines is 1. The molecule has 1 atom stereocenters. The van der Waals surface area contributed by atoms with E-state index in [0.29, 0.717) is 30.1 Å². The number of aryl methyl sites for hydroxylation is 1. The number of aromatic nitrogens is 3. The summed E-state index contributed by atoms with van der Waals surface area (Å²) in [7, 11) is 1.79. The molecule has 4 N–H and O–H groups in total. The number of carboxylic acids is 1. The minimum Gasteiger partial charge on any atom is -0.477 e. The third-order valence-corrected chi connectivity index (χ3v) is 6.64. The maximum atomic E-state index is 12.7. The van der Waals surface area contributed by atoms with Gasteiger partial charge in [-0.05, 0) is 37.8 Å². The van der Waals surface area contributed by atoms with Gasteiger partial charge in [0.25, 0.3) is 0 Å². The second-order valence-electron chi connectivity index (χ2n) is 8.72. The Kier molecular flexibility index (Phi) is 4.33. The minimum atomic E-state index is -1.05. The van der Waals surface area contributed by atoms with Gasteiger partial charge in [0.05, 0.1) is 24.3 Å². The van der Waals surface area contributed by atoms with Crippen LogP contribution in [0.3, 0.4) is 0 Å². The molecule has 1 aliphatic heterocycles. The molecular formula is C22H25N5O4. The van der Waals surface area contributed by atoms with Crippen LogP contribution in [-0.2, 0) is 11.8 Å². The summed E-state index contributed by atoms with van der Waals surface area (Å²) in [6, 6.07) is 5.41. The van der Waals surface area contributed by atoms with Gasteiger partial charge in [-0.1, -0.05) is 18.2 Å². The number of H-pyrrole nitrogens is 1. The highest BCUT2D eigenvalue weighted by Crippen LogP contribution is 2.47. The van der Waals surface area contributed by atoms with E-state index in [1.807, 2.05) is 25.1 Å². The van der Waals surface area contributed by atoms with Gasteiger partial charge >= 0.3 is 12.1 Å². The number of carboxylic acid groups (broad SMARTS) is 1. The first kappa shape index (κ1) is 19.6. The summed E-state index contributed by atoms with van der Waals surface area (Å²) in [5.74, 6) is -0.648. The molecule has 0 unspecified atom stereocenters. The van der Waals surface area contributed by atoms with Gasteiger partial charge in [-0.2, -0.15) is 5.10 Å². The highest BCUT2D eigenvalue weighted by Gasteiger charge is 2.54. The molecule has 9 nitrogen and oxygen atoms in total. The number of para-hydroxylation sites is 1. The second kappa shape index (κ2) is 6.84. The fourth-order valence-electron chi connectivity index (χ4n) is 5.08. The molecular weight excluding hydrogens is 398 g/mol. The maximum Gasteiger partial charge on any atom is 0.411 e. The summed E-state index contributed by atoms with van der Waals surface area (Å²) in [6.07, 6.45) is 4.69. The molecule has 1 aromatic carbocycles. The average Bonchev–Trinajstić information content (AvgIpc) is 3.40. The number of hydrogen-bond donors (Lipinski definition) is 3. The lowest BCUT2D eigenvalue weighted by molar-refractivity contribution is -0.0439. The number of fused-ring (bicyclic) bond motifs is 1. The number of nitrogens with zero attached hydrogens (tertiary/aromatic N) is 3. The summed E-state index contributed by atoms with van der Waals surface area (Å²) in [4.78, 5) is 29.5. The van der Waals surface area contributed by atoms with Crippen LogP contribution < -0.4 is 5.73 Å². The van der Waals surface area contributed by atoms with E-state index in [-0.39, 0.29) is 17.8 Å². The largest absolute Gasteiger partial charge is 0.477 e. The van der Waals surface area contributed by atoms with Crippen LogP contribution in [0.5, 0.6) is 0 Å². The smallest absolute Gasteiger partial charge is 0.411 e. The highest BCUT2D eigenvalue weighted by atomic mass is 16.6. The second-order valence-corrected chi connectivity index (χ2v) is 8.72. The van der Waals surface area contributed by atoms with Crippen molar-refractivity contribution >= 4 is 23.0 Å². The number of carbonyl (C=O) groups is 2. The van der Waals surface area contributed by atoms with Crippen molar-refractivity contribution in [2.75, 3.05) is 13.1 Å². The van der Waals surface area contributed by atoms with E-state index in [4.69, 9.17) is 10.5 Å². The van der Waals surface area contributed by atoms with E-state index in [1.165, 1.54) is 0 Å². The van der Waals surface area contributed by atoms with Crippen LogP contribution in [0.15, 0.2) is 30.6 Å². The number of rotatable bonds is 5. The lowest BCUT2D eigenvalue weighted by Crippen LogP contribution is -2.49. The van der Waals surface area contributed by atoms with Crippen LogP contribution in [0.4, 0.5) is 4.79 Å². The Morgan fingerprint density at radius 1 is 1.45 bits per heavy atom. The third-order valence-electron chi connectivity index (χ3n) is 6.64. The van der Waals surface area contributed by atoms with E-state index < -0.39 is 11.6 Å². The molecule has 1 amide bonds. The van der Waals surface area contributed by atoms with Gasteiger partial charge in [0, 0.05) is 29.8 Å². The standard InChI is InChI=1S/C22H25N5O4/c1-12(27-11-22(31-21(27)30)6-13(7-22)8-23)15-4-3-5-16-17(14-9-24-26(2)10-14)19(20(28)29)25-18(15)16/h3-5,9-10,12-13,25H,6-8,11,23H2,1-2H3,(H,28,29)/t12-,13?,22?/m0/s1. The molecule has 5 rings (SSSR count). The normalized spacial score (nSPS) is 23.9. The quantitative estimate of drug-likeness (QED) is 0.579. The van der Waals surface area contributed by atoms with Crippen molar-refractivity contribution in [2.24, 2.45) is 18.7 Å². The molecule has 31 heavy (non-hydrogen) atoms. The third kappa shape index (κ3) is 2.99. The molecule has 2 aromatic heterocycles. The monoisotopic (exact) mass is 423 g/mol. The topological polar surface area (TPSA) is 126 Å². The van der Waals surface area contributed by atoms with Crippen molar-refractivity contribution in [1.29, 1.82) is 0 Å². The number of benzene rings is 1. The summed E-state index contributed by atoms with van der Waals surface area (Å²) >= 11 is 0. The van der Waals surface area contributed by atoms with E-state index >= 15 is 0 Å². The summed E-state index contributed by atoms with van der Waals surface area (Å²) in [5.41, 5.74) is 8.27. The van der Waals surface area contributed by atoms with Gasteiger partial charge in [-0.15, -0.1) is 0 Å². The zero-order chi connectivity index (χ0) is 21.9. The molecule has 0 radical (unpaired) electrons. The molecule has 1 saturated heterocycles. The van der Waals surface area contributed by atoms with Crippen molar-refractivity contribution < 1.29 is 19.4 Å². The van der Waals surface area contributed by atoms with Crippen molar-refractivity contribution in [3.63, 3.8) is 0 Å². The molecule has 3 heterocycles. The first-order valence-electron chi connectivity index (χ1n) is 10.4. The molecule has 2 fully saturated rings. The maximum absolute atomic E-state index is 12.7. The SMILES string of the molecule is C[C@@H](c1cccc2c(-c3cnn(C)c3)c(C(=O)O)[nH]c12)N1CC2(CC(CN)C2)OC1=O. The molecule has 3 aromatic rings. The highest BCUT2D eigenvalue weighted by molar-refractivity contribution is 6.08. The molecule has 2 aliphatic rings. The van der Waals surface area contributed by atoms with Gasteiger partial charge in [-0.25, -0.2) is 9.59 Å². The number of amides is 1. The Bertz CT molecular complexity index is 1190. The summed E-state index contributed by atoms with van der Waals surface area (Å²) in [5, 5.41) is 14.8. The molecule has 0 bridgehead atoms. The molecule has 1 aliphatic carbocycles. The van der Waals surface area contributed by atoms with E-state index in [2.05, 4.69) is 10.1 Å². The Morgan fingerprint density at radius 2 is 2.23 bits per heavy atom. The first-order valence-corrected chi connectivity index (χ1v) is 10.4. The Labute approximate surface area is 178 Å². The van der Waals surface area contributed by atoms with Crippen LogP contribution in [-0.4, -0.2) is 55.5 Å². The van der Waals surface area contributed by atoms with Gasteiger partial charge in [0.2, 0.25) is 0 Å². The van der Waals surface area contributed by atoms with E-state index in [9.17, 15) is 14.7 Å². The zero-order valence-corrected chi connectivity index (χ0v) is 17.5. The fraction of sp³-hybridized carbons (Fsp3) is 0.409. The number of aromatic carboxylic acids is 1. The van der Waals surface area contributed by atoms with Crippen LogP contribution in [0.2, 0.25) is 0 Å². The van der Waals surface area contributed by atoms with Crippen LogP contribution in [0.1, 0.15) is 41.9 Å². The molecule has 162 valence electrons. The van der Waals surface area contributed by atoms with Gasteiger partial charge < -0.3 is 20.6 Å². The van der Waals surface area contributed by atoms with Crippen molar-refractivity contribution in [3.05, 3.63) is 41.9 Å². The lowest BCUT2D eigenvalue weighted by Gasteiger charge is -2.42. The van der Waals surface area contributed by atoms with Crippen LogP contribution in [0.25, 0.3) is 22.0 Å². The summed E-state index contributed by atoms with van der Waals surface area (Å²) < 4.78 is 7.38. The predicted octanol–water partition coefficient (Wildman–Crippen LogP) is 2.89. The first-order chi connectivity index (χ1) is 14.8. The number of carbonyl (C=O) groups excluding carboxylic acids is 1. The number of nitrogens with one attached hydrogen (secondary N) is 1. The van der Waals surface area contributed by atoms with Gasteiger partial charge in [0.1, 0.15) is 11.3 Å². The Hall–Kier alpha value is -3.33. The number of hydrogen-bond acceptors (Lipinski definition) is 5. The fourth-order valence-corrected chi connectivity index (χ4v) is 5.08.